The Labute approximate surface area is 78.7 Å². The predicted octanol–water partition coefficient (Wildman–Crippen LogP) is 2.18. The molecule has 0 fully saturated rings. The molecule has 1 aromatic heterocycles. The van der Waals surface area contributed by atoms with Crippen LogP contribution in [-0.4, -0.2) is 10.8 Å². The third-order valence-corrected chi connectivity index (χ3v) is 1.78. The van der Waals surface area contributed by atoms with E-state index in [1.54, 1.807) is 12.4 Å². The Morgan fingerprint density at radius 2 is 2.38 bits per heavy atom. The summed E-state index contributed by atoms with van der Waals surface area (Å²) in [5, 5.41) is 0. The first-order valence-electron chi connectivity index (χ1n) is 4.47. The van der Waals surface area contributed by atoms with E-state index >= 15 is 0 Å². The van der Waals surface area contributed by atoms with Crippen molar-refractivity contribution in [3.8, 4) is 0 Å². The fourth-order valence-corrected chi connectivity index (χ4v) is 1.04. The molecule has 2 N–H and O–H groups in total. The Morgan fingerprint density at radius 3 is 3.00 bits per heavy atom. The van der Waals surface area contributed by atoms with Crippen LogP contribution in [0.2, 0.25) is 0 Å². The number of hydrogen-bond acceptors (Lipinski definition) is 2. The van der Waals surface area contributed by atoms with Crippen LogP contribution in [0.1, 0.15) is 25.3 Å². The summed E-state index contributed by atoms with van der Waals surface area (Å²) in [5.41, 5.74) is 7.68. The molecule has 0 aliphatic rings. The van der Waals surface area contributed by atoms with E-state index in [-0.39, 0.29) is 0 Å². The molecule has 0 aliphatic heterocycles. The maximum Gasteiger partial charge on any atom is 0.0997 e. The molecule has 0 bridgehead atoms. The van der Waals surface area contributed by atoms with Crippen molar-refractivity contribution in [3.05, 3.63) is 24.0 Å². The van der Waals surface area contributed by atoms with Gasteiger partial charge in [0.25, 0.3) is 0 Å². The fraction of sp³-hybridized carbons (Fsp3) is 0.400. The van der Waals surface area contributed by atoms with Gasteiger partial charge in [0.15, 0.2) is 0 Å². The van der Waals surface area contributed by atoms with Gasteiger partial charge in [0.2, 0.25) is 0 Å². The zero-order valence-electron chi connectivity index (χ0n) is 8.12. The van der Waals surface area contributed by atoms with E-state index in [2.05, 4.69) is 16.9 Å². The molecule has 1 rings (SSSR count). The van der Waals surface area contributed by atoms with Crippen LogP contribution < -0.4 is 5.73 Å². The van der Waals surface area contributed by atoms with Crippen LogP contribution in [0.5, 0.6) is 0 Å². The van der Waals surface area contributed by atoms with E-state index in [1.807, 2.05) is 13.0 Å². The molecule has 13 heavy (non-hydrogen) atoms. The molecule has 0 aromatic carbocycles. The lowest BCUT2D eigenvalue weighted by atomic mass is 10.2. The first kappa shape index (κ1) is 9.71. The summed E-state index contributed by atoms with van der Waals surface area (Å²) in [6.07, 6.45) is 5.35. The van der Waals surface area contributed by atoms with Gasteiger partial charge < -0.3 is 5.73 Å². The SMILES string of the molecule is CCCC(N)=Nc1cnccc1C. The van der Waals surface area contributed by atoms with Crippen LogP contribution in [0.4, 0.5) is 5.69 Å². The number of aliphatic imine (C=N–C) groups is 1. The van der Waals surface area contributed by atoms with E-state index in [0.717, 1.165) is 24.1 Å². The Bertz CT molecular complexity index is 305. The highest BCUT2D eigenvalue weighted by molar-refractivity contribution is 5.83. The first-order chi connectivity index (χ1) is 6.24. The number of pyridine rings is 1. The summed E-state index contributed by atoms with van der Waals surface area (Å²) in [6, 6.07) is 1.93. The van der Waals surface area contributed by atoms with Gasteiger partial charge in [-0.15, -0.1) is 0 Å². The molecular formula is C10H15N3. The third kappa shape index (κ3) is 2.86. The summed E-state index contributed by atoms with van der Waals surface area (Å²) in [7, 11) is 0. The average Bonchev–Trinajstić information content (AvgIpc) is 2.09. The van der Waals surface area contributed by atoms with Gasteiger partial charge in [0.1, 0.15) is 0 Å². The molecular weight excluding hydrogens is 162 g/mol. The van der Waals surface area contributed by atoms with Crippen molar-refractivity contribution in [3.63, 3.8) is 0 Å². The molecule has 0 aliphatic carbocycles. The van der Waals surface area contributed by atoms with Gasteiger partial charge in [-0.25, -0.2) is 4.99 Å². The number of nitrogens with zero attached hydrogens (tertiary/aromatic N) is 2. The Kier molecular flexibility index (Phi) is 3.43. The number of aryl methyl sites for hydroxylation is 1. The highest BCUT2D eigenvalue weighted by Gasteiger charge is 1.96. The largest absolute Gasteiger partial charge is 0.387 e. The van der Waals surface area contributed by atoms with Crippen molar-refractivity contribution >= 4 is 11.5 Å². The zero-order valence-corrected chi connectivity index (χ0v) is 8.12. The van der Waals surface area contributed by atoms with Crippen molar-refractivity contribution < 1.29 is 0 Å². The lowest BCUT2D eigenvalue weighted by molar-refractivity contribution is 0.982. The van der Waals surface area contributed by atoms with Crippen molar-refractivity contribution in [2.24, 2.45) is 10.7 Å². The van der Waals surface area contributed by atoms with Crippen molar-refractivity contribution in [1.29, 1.82) is 0 Å². The van der Waals surface area contributed by atoms with E-state index in [1.165, 1.54) is 0 Å². The molecule has 3 nitrogen and oxygen atoms in total. The van der Waals surface area contributed by atoms with Gasteiger partial charge in [0, 0.05) is 12.6 Å². The Hall–Kier alpha value is -1.38. The van der Waals surface area contributed by atoms with Crippen LogP contribution in [-0.2, 0) is 0 Å². The van der Waals surface area contributed by atoms with Gasteiger partial charge in [-0.2, -0.15) is 0 Å². The summed E-state index contributed by atoms with van der Waals surface area (Å²) in [6.45, 7) is 4.08. The fourth-order valence-electron chi connectivity index (χ4n) is 1.04. The Balaban J connectivity index is 2.84. The third-order valence-electron chi connectivity index (χ3n) is 1.78. The second-order valence-electron chi connectivity index (χ2n) is 3.02. The van der Waals surface area contributed by atoms with E-state index in [9.17, 15) is 0 Å². The molecule has 1 heterocycles. The molecule has 0 atom stereocenters. The molecule has 70 valence electrons. The smallest absolute Gasteiger partial charge is 0.0997 e. The quantitative estimate of drug-likeness (QED) is 0.568. The van der Waals surface area contributed by atoms with Gasteiger partial charge >= 0.3 is 0 Å². The molecule has 1 aromatic rings. The highest BCUT2D eigenvalue weighted by Crippen LogP contribution is 2.15. The van der Waals surface area contributed by atoms with Crippen molar-refractivity contribution in [2.75, 3.05) is 0 Å². The van der Waals surface area contributed by atoms with Crippen LogP contribution >= 0.6 is 0 Å². The molecule has 0 saturated heterocycles. The van der Waals surface area contributed by atoms with Crippen molar-refractivity contribution in [1.82, 2.24) is 4.98 Å². The average molecular weight is 177 g/mol. The summed E-state index contributed by atoms with van der Waals surface area (Å²) < 4.78 is 0. The Morgan fingerprint density at radius 1 is 1.62 bits per heavy atom. The normalized spacial score (nSPS) is 11.7. The molecule has 0 amide bonds. The van der Waals surface area contributed by atoms with Crippen molar-refractivity contribution in [2.45, 2.75) is 26.7 Å². The lowest BCUT2D eigenvalue weighted by Gasteiger charge is -2.00. The highest BCUT2D eigenvalue weighted by atomic mass is 14.9. The maximum absolute atomic E-state index is 5.71. The van der Waals surface area contributed by atoms with E-state index in [0.29, 0.717) is 5.84 Å². The van der Waals surface area contributed by atoms with Crippen LogP contribution in [0.25, 0.3) is 0 Å². The van der Waals surface area contributed by atoms with Crippen LogP contribution in [0.3, 0.4) is 0 Å². The molecule has 0 saturated carbocycles. The number of amidine groups is 1. The topological polar surface area (TPSA) is 51.3 Å². The molecule has 0 spiro atoms. The summed E-state index contributed by atoms with van der Waals surface area (Å²) in [4.78, 5) is 8.28. The van der Waals surface area contributed by atoms with Gasteiger partial charge in [-0.05, 0) is 25.0 Å². The minimum absolute atomic E-state index is 0.679. The van der Waals surface area contributed by atoms with E-state index in [4.69, 9.17) is 5.73 Å². The number of hydrogen-bond donors (Lipinski definition) is 1. The second kappa shape index (κ2) is 4.60. The second-order valence-corrected chi connectivity index (χ2v) is 3.02. The molecule has 0 radical (unpaired) electrons. The van der Waals surface area contributed by atoms with Gasteiger partial charge in [-0.3, -0.25) is 4.98 Å². The standard InChI is InChI=1S/C10H15N3/c1-3-4-10(11)13-9-7-12-6-5-8(9)2/h5-7H,3-4H2,1-2H3,(H2,11,13). The minimum Gasteiger partial charge on any atom is -0.387 e. The predicted molar refractivity (Wildman–Crippen MR) is 55.2 cm³/mol. The summed E-state index contributed by atoms with van der Waals surface area (Å²) >= 11 is 0. The molecule has 0 unspecified atom stereocenters. The number of nitrogens with two attached hydrogens (primary N) is 1. The first-order valence-corrected chi connectivity index (χ1v) is 4.47. The van der Waals surface area contributed by atoms with Crippen LogP contribution in [0.15, 0.2) is 23.5 Å². The van der Waals surface area contributed by atoms with Gasteiger partial charge in [-0.1, -0.05) is 6.92 Å². The van der Waals surface area contributed by atoms with Crippen LogP contribution in [0, 0.1) is 6.92 Å². The maximum atomic E-state index is 5.71. The number of rotatable bonds is 3. The monoisotopic (exact) mass is 177 g/mol. The van der Waals surface area contributed by atoms with Gasteiger partial charge in [0.05, 0.1) is 17.7 Å². The molecule has 3 heteroatoms. The number of aromatic nitrogens is 1. The zero-order chi connectivity index (χ0) is 9.68. The lowest BCUT2D eigenvalue weighted by Crippen LogP contribution is -2.10. The minimum atomic E-state index is 0.679. The summed E-state index contributed by atoms with van der Waals surface area (Å²) in [5.74, 6) is 0.679. The van der Waals surface area contributed by atoms with E-state index < -0.39 is 0 Å².